The van der Waals surface area contributed by atoms with Gasteiger partial charge in [-0.15, -0.1) is 0 Å². The fourth-order valence-corrected chi connectivity index (χ4v) is 3.04. The van der Waals surface area contributed by atoms with Crippen LogP contribution in [0.3, 0.4) is 0 Å². The Morgan fingerprint density at radius 3 is 2.71 bits per heavy atom. The SMILES string of the molecule is COc1cccc(-c2cc(C(F)(F)F)n3ncc(C(=O)NCc4cccnc4)c3n2)c1. The minimum absolute atomic E-state index is 0.0422. The second-order valence-corrected chi connectivity index (χ2v) is 6.59. The molecular formula is C21H16F3N5O2. The van der Waals surface area contributed by atoms with Gasteiger partial charge in [0.1, 0.15) is 11.3 Å². The molecule has 10 heteroatoms. The van der Waals surface area contributed by atoms with Crippen molar-refractivity contribution in [2.75, 3.05) is 7.11 Å². The number of ether oxygens (including phenoxy) is 1. The van der Waals surface area contributed by atoms with Gasteiger partial charge in [-0.25, -0.2) is 9.50 Å². The molecule has 0 fully saturated rings. The molecule has 1 aromatic carbocycles. The number of carbonyl (C=O) groups is 1. The Balaban J connectivity index is 1.78. The summed E-state index contributed by atoms with van der Waals surface area (Å²) in [5, 5.41) is 6.42. The molecule has 0 aliphatic heterocycles. The van der Waals surface area contributed by atoms with E-state index in [-0.39, 0.29) is 23.4 Å². The van der Waals surface area contributed by atoms with Crippen LogP contribution in [0.2, 0.25) is 0 Å². The molecule has 3 aromatic heterocycles. The van der Waals surface area contributed by atoms with E-state index in [4.69, 9.17) is 4.74 Å². The molecule has 0 aliphatic carbocycles. The minimum atomic E-state index is -4.70. The summed E-state index contributed by atoms with van der Waals surface area (Å²) in [6.07, 6.45) is -0.452. The van der Waals surface area contributed by atoms with Gasteiger partial charge in [0.2, 0.25) is 0 Å². The molecule has 7 nitrogen and oxygen atoms in total. The van der Waals surface area contributed by atoms with Crippen molar-refractivity contribution in [3.8, 4) is 17.0 Å². The van der Waals surface area contributed by atoms with Gasteiger partial charge in [-0.05, 0) is 29.8 Å². The van der Waals surface area contributed by atoms with Crippen molar-refractivity contribution < 1.29 is 22.7 Å². The van der Waals surface area contributed by atoms with Gasteiger partial charge in [0, 0.05) is 24.5 Å². The highest BCUT2D eigenvalue weighted by Crippen LogP contribution is 2.33. The Morgan fingerprint density at radius 2 is 2.00 bits per heavy atom. The number of halogens is 3. The Bertz CT molecular complexity index is 1240. The van der Waals surface area contributed by atoms with E-state index in [2.05, 4.69) is 20.4 Å². The highest BCUT2D eigenvalue weighted by Gasteiger charge is 2.36. The highest BCUT2D eigenvalue weighted by atomic mass is 19.4. The smallest absolute Gasteiger partial charge is 0.433 e. The molecule has 1 N–H and O–H groups in total. The van der Waals surface area contributed by atoms with Crippen molar-refractivity contribution in [1.82, 2.24) is 24.9 Å². The van der Waals surface area contributed by atoms with Crippen molar-refractivity contribution in [3.05, 3.63) is 77.9 Å². The van der Waals surface area contributed by atoms with Crippen LogP contribution >= 0.6 is 0 Å². The number of pyridine rings is 1. The van der Waals surface area contributed by atoms with Crippen LogP contribution < -0.4 is 10.1 Å². The van der Waals surface area contributed by atoms with Crippen molar-refractivity contribution in [2.24, 2.45) is 0 Å². The van der Waals surface area contributed by atoms with Crippen molar-refractivity contribution in [3.63, 3.8) is 0 Å². The van der Waals surface area contributed by atoms with E-state index >= 15 is 0 Å². The van der Waals surface area contributed by atoms with Crippen molar-refractivity contribution in [2.45, 2.75) is 12.7 Å². The van der Waals surface area contributed by atoms with Gasteiger partial charge in [0.25, 0.3) is 5.91 Å². The standard InChI is InChI=1S/C21H16F3N5O2/c1-31-15-6-2-5-14(8-15)17-9-18(21(22,23)24)29-19(28-17)16(12-27-29)20(30)26-11-13-4-3-7-25-10-13/h2-10,12H,11H2,1H3,(H,26,30). The Morgan fingerprint density at radius 1 is 1.16 bits per heavy atom. The summed E-state index contributed by atoms with van der Waals surface area (Å²) < 4.78 is 46.9. The van der Waals surface area contributed by atoms with E-state index in [9.17, 15) is 18.0 Å². The van der Waals surface area contributed by atoms with Crippen molar-refractivity contribution >= 4 is 11.6 Å². The summed E-state index contributed by atoms with van der Waals surface area (Å²) >= 11 is 0. The van der Waals surface area contributed by atoms with Crippen LogP contribution in [0.4, 0.5) is 13.2 Å². The maximum absolute atomic E-state index is 13.7. The fraction of sp³-hybridized carbons (Fsp3) is 0.143. The fourth-order valence-electron chi connectivity index (χ4n) is 3.04. The van der Waals surface area contributed by atoms with Crippen LogP contribution in [0.5, 0.6) is 5.75 Å². The summed E-state index contributed by atoms with van der Waals surface area (Å²) in [6.45, 7) is 0.158. The summed E-state index contributed by atoms with van der Waals surface area (Å²) in [7, 11) is 1.46. The predicted molar refractivity (Wildman–Crippen MR) is 105 cm³/mol. The second kappa shape index (κ2) is 8.05. The first-order valence-electron chi connectivity index (χ1n) is 9.14. The molecule has 0 atom stereocenters. The van der Waals surface area contributed by atoms with Gasteiger partial charge < -0.3 is 10.1 Å². The number of carbonyl (C=O) groups excluding carboxylic acids is 1. The lowest BCUT2D eigenvalue weighted by atomic mass is 10.1. The van der Waals surface area contributed by atoms with Gasteiger partial charge in [-0.1, -0.05) is 18.2 Å². The third-order valence-electron chi connectivity index (χ3n) is 4.55. The maximum Gasteiger partial charge on any atom is 0.433 e. The molecule has 4 aromatic rings. The first-order valence-corrected chi connectivity index (χ1v) is 9.14. The van der Waals surface area contributed by atoms with E-state index < -0.39 is 17.8 Å². The monoisotopic (exact) mass is 427 g/mol. The molecule has 0 saturated carbocycles. The number of nitrogens with one attached hydrogen (secondary N) is 1. The molecule has 0 unspecified atom stereocenters. The van der Waals surface area contributed by atoms with Crippen LogP contribution in [0.15, 0.2) is 61.1 Å². The number of alkyl halides is 3. The number of hydrogen-bond acceptors (Lipinski definition) is 5. The average molecular weight is 427 g/mol. The summed E-state index contributed by atoms with van der Waals surface area (Å²) in [4.78, 5) is 20.9. The minimum Gasteiger partial charge on any atom is -0.497 e. The first kappa shape index (κ1) is 20.3. The van der Waals surface area contributed by atoms with E-state index in [0.717, 1.165) is 17.8 Å². The molecule has 1 amide bonds. The lowest BCUT2D eigenvalue weighted by Crippen LogP contribution is -2.23. The largest absolute Gasteiger partial charge is 0.497 e. The van der Waals surface area contributed by atoms with Gasteiger partial charge >= 0.3 is 6.18 Å². The number of hydrogen-bond donors (Lipinski definition) is 1. The average Bonchev–Trinajstić information content (AvgIpc) is 3.21. The first-order chi connectivity index (χ1) is 14.9. The topological polar surface area (TPSA) is 81.4 Å². The van der Waals surface area contributed by atoms with Gasteiger partial charge in [0.15, 0.2) is 11.3 Å². The molecule has 31 heavy (non-hydrogen) atoms. The third kappa shape index (κ3) is 4.18. The van der Waals surface area contributed by atoms with E-state index in [1.807, 2.05) is 0 Å². The lowest BCUT2D eigenvalue weighted by molar-refractivity contribution is -0.142. The quantitative estimate of drug-likeness (QED) is 0.525. The summed E-state index contributed by atoms with van der Waals surface area (Å²) in [5.74, 6) is -0.127. The summed E-state index contributed by atoms with van der Waals surface area (Å²) in [5.41, 5.74) is -0.110. The Hall–Kier alpha value is -3.95. The molecule has 3 heterocycles. The van der Waals surface area contributed by atoms with E-state index in [1.165, 1.54) is 7.11 Å². The highest BCUT2D eigenvalue weighted by molar-refractivity contribution is 5.99. The van der Waals surface area contributed by atoms with Crippen molar-refractivity contribution in [1.29, 1.82) is 0 Å². The zero-order valence-electron chi connectivity index (χ0n) is 16.2. The van der Waals surface area contributed by atoms with Crippen LogP contribution in [0, 0.1) is 0 Å². The number of amides is 1. The second-order valence-electron chi connectivity index (χ2n) is 6.59. The molecule has 158 valence electrons. The van der Waals surface area contributed by atoms with Crippen LogP contribution in [0.25, 0.3) is 16.9 Å². The third-order valence-corrected chi connectivity index (χ3v) is 4.55. The van der Waals surface area contributed by atoms with Crippen LogP contribution in [-0.2, 0) is 12.7 Å². The molecule has 0 radical (unpaired) electrons. The Labute approximate surface area is 174 Å². The Kier molecular flexibility index (Phi) is 5.28. The maximum atomic E-state index is 13.7. The number of rotatable bonds is 5. The van der Waals surface area contributed by atoms with Crippen LogP contribution in [-0.4, -0.2) is 32.6 Å². The van der Waals surface area contributed by atoms with E-state index in [0.29, 0.717) is 15.8 Å². The zero-order valence-corrected chi connectivity index (χ0v) is 16.2. The number of methoxy groups -OCH3 is 1. The van der Waals surface area contributed by atoms with Gasteiger partial charge in [0.05, 0.1) is 19.0 Å². The number of fused-ring (bicyclic) bond motifs is 1. The zero-order chi connectivity index (χ0) is 22.0. The summed E-state index contributed by atoms with van der Waals surface area (Å²) in [6, 6.07) is 10.9. The molecule has 0 bridgehead atoms. The predicted octanol–water partition coefficient (Wildman–Crippen LogP) is 3.75. The number of aromatic nitrogens is 4. The number of benzene rings is 1. The number of nitrogens with zero attached hydrogens (tertiary/aromatic N) is 4. The van der Waals surface area contributed by atoms with Crippen LogP contribution in [0.1, 0.15) is 21.6 Å². The van der Waals surface area contributed by atoms with Gasteiger partial charge in [-0.3, -0.25) is 9.78 Å². The molecule has 0 aliphatic rings. The lowest BCUT2D eigenvalue weighted by Gasteiger charge is -2.12. The molecular weight excluding hydrogens is 411 g/mol. The normalized spacial score (nSPS) is 11.5. The van der Waals surface area contributed by atoms with Gasteiger partial charge in [-0.2, -0.15) is 18.3 Å². The molecule has 4 rings (SSSR count). The van der Waals surface area contributed by atoms with E-state index in [1.54, 1.807) is 48.8 Å². The molecule has 0 spiro atoms. The molecule has 0 saturated heterocycles.